The molecular formula is C25H30FN5O. The minimum atomic E-state index is -0.287. The van der Waals surface area contributed by atoms with Crippen LogP contribution < -0.4 is 10.6 Å². The van der Waals surface area contributed by atoms with E-state index in [0.29, 0.717) is 24.1 Å². The van der Waals surface area contributed by atoms with Crippen molar-refractivity contribution < 1.29 is 9.13 Å². The predicted octanol–water partition coefficient (Wildman–Crippen LogP) is 4.15. The molecule has 2 atom stereocenters. The highest BCUT2D eigenvalue weighted by molar-refractivity contribution is 5.79. The SMILES string of the molecule is CN=C(NCc1ccc(-n2ccnc2)c(F)c1)NCC1CCCOC1c1ccc(C)cc1. The molecule has 7 heteroatoms. The van der Waals surface area contributed by atoms with Crippen molar-refractivity contribution in [2.24, 2.45) is 10.9 Å². The molecule has 3 aromatic rings. The Balaban J connectivity index is 1.33. The first-order chi connectivity index (χ1) is 15.6. The molecule has 0 bridgehead atoms. The molecule has 1 aliphatic rings. The standard InChI is InChI=1S/C25H30FN5O/c1-18-5-8-20(9-6-18)24-21(4-3-13-32-24)16-30-25(27-2)29-15-19-7-10-23(22(26)14-19)31-12-11-28-17-31/h5-12,14,17,21,24H,3-4,13,15-16H2,1-2H3,(H2,27,29,30). The van der Waals surface area contributed by atoms with Crippen molar-refractivity contribution >= 4 is 5.96 Å². The zero-order valence-corrected chi connectivity index (χ0v) is 18.6. The summed E-state index contributed by atoms with van der Waals surface area (Å²) < 4.78 is 22.3. The van der Waals surface area contributed by atoms with Crippen molar-refractivity contribution in [1.29, 1.82) is 0 Å². The van der Waals surface area contributed by atoms with Gasteiger partial charge in [-0.25, -0.2) is 9.37 Å². The third kappa shape index (κ3) is 5.34. The monoisotopic (exact) mass is 435 g/mol. The normalized spacial score (nSPS) is 19.0. The third-order valence-corrected chi connectivity index (χ3v) is 5.86. The molecular weight excluding hydrogens is 405 g/mol. The Hall–Kier alpha value is -3.19. The molecule has 4 rings (SSSR count). The Labute approximate surface area is 188 Å². The van der Waals surface area contributed by atoms with E-state index in [4.69, 9.17) is 4.74 Å². The maximum Gasteiger partial charge on any atom is 0.191 e. The number of guanidine groups is 1. The van der Waals surface area contributed by atoms with E-state index >= 15 is 0 Å². The van der Waals surface area contributed by atoms with Gasteiger partial charge >= 0.3 is 0 Å². The zero-order valence-electron chi connectivity index (χ0n) is 18.6. The second-order valence-electron chi connectivity index (χ2n) is 8.17. The molecule has 1 aromatic heterocycles. The zero-order chi connectivity index (χ0) is 22.3. The van der Waals surface area contributed by atoms with E-state index in [2.05, 4.69) is 51.8 Å². The van der Waals surface area contributed by atoms with Crippen LogP contribution in [0.25, 0.3) is 5.69 Å². The fraction of sp³-hybridized carbons (Fsp3) is 0.360. The summed E-state index contributed by atoms with van der Waals surface area (Å²) in [6, 6.07) is 13.8. The Morgan fingerprint density at radius 3 is 2.78 bits per heavy atom. The van der Waals surface area contributed by atoms with E-state index in [0.717, 1.165) is 31.6 Å². The summed E-state index contributed by atoms with van der Waals surface area (Å²) >= 11 is 0. The van der Waals surface area contributed by atoms with Crippen LogP contribution in [0, 0.1) is 18.7 Å². The second-order valence-corrected chi connectivity index (χ2v) is 8.17. The lowest BCUT2D eigenvalue weighted by Crippen LogP contribution is -2.41. The van der Waals surface area contributed by atoms with Gasteiger partial charge in [0.1, 0.15) is 5.82 Å². The summed E-state index contributed by atoms with van der Waals surface area (Å²) in [6.07, 6.45) is 7.18. The van der Waals surface area contributed by atoms with Gasteiger partial charge in [-0.15, -0.1) is 0 Å². The van der Waals surface area contributed by atoms with Gasteiger partial charge in [0.25, 0.3) is 0 Å². The third-order valence-electron chi connectivity index (χ3n) is 5.86. The smallest absolute Gasteiger partial charge is 0.191 e. The van der Waals surface area contributed by atoms with E-state index in [1.165, 1.54) is 17.2 Å². The summed E-state index contributed by atoms with van der Waals surface area (Å²) in [5.74, 6) is 0.764. The predicted molar refractivity (Wildman–Crippen MR) is 124 cm³/mol. The molecule has 0 amide bonds. The molecule has 2 heterocycles. The maximum absolute atomic E-state index is 14.5. The molecule has 32 heavy (non-hydrogen) atoms. The lowest BCUT2D eigenvalue weighted by Gasteiger charge is -2.32. The van der Waals surface area contributed by atoms with E-state index in [1.807, 2.05) is 6.07 Å². The molecule has 0 aliphatic carbocycles. The van der Waals surface area contributed by atoms with Crippen LogP contribution in [0.3, 0.4) is 0 Å². The molecule has 168 valence electrons. The highest BCUT2D eigenvalue weighted by atomic mass is 19.1. The summed E-state index contributed by atoms with van der Waals surface area (Å²) in [7, 11) is 1.74. The van der Waals surface area contributed by atoms with E-state index < -0.39 is 0 Å². The van der Waals surface area contributed by atoms with Crippen molar-refractivity contribution in [3.8, 4) is 5.69 Å². The summed E-state index contributed by atoms with van der Waals surface area (Å²) in [4.78, 5) is 8.30. The van der Waals surface area contributed by atoms with Crippen molar-refractivity contribution in [3.63, 3.8) is 0 Å². The Kier molecular flexibility index (Phi) is 7.17. The maximum atomic E-state index is 14.5. The average molecular weight is 436 g/mol. The van der Waals surface area contributed by atoms with Crippen LogP contribution in [0.4, 0.5) is 4.39 Å². The van der Waals surface area contributed by atoms with Crippen LogP contribution >= 0.6 is 0 Å². The molecule has 1 fully saturated rings. The van der Waals surface area contributed by atoms with Crippen molar-refractivity contribution in [2.45, 2.75) is 32.4 Å². The number of nitrogens with one attached hydrogen (secondary N) is 2. The van der Waals surface area contributed by atoms with Gasteiger partial charge in [0.15, 0.2) is 5.96 Å². The van der Waals surface area contributed by atoms with Gasteiger partial charge < -0.3 is 19.9 Å². The highest BCUT2D eigenvalue weighted by Crippen LogP contribution is 2.33. The number of rotatable bonds is 6. The van der Waals surface area contributed by atoms with E-state index in [9.17, 15) is 4.39 Å². The number of aryl methyl sites for hydroxylation is 1. The molecule has 2 N–H and O–H groups in total. The van der Waals surface area contributed by atoms with Gasteiger partial charge in [-0.05, 0) is 43.0 Å². The largest absolute Gasteiger partial charge is 0.373 e. The van der Waals surface area contributed by atoms with Gasteiger partial charge in [-0.3, -0.25) is 4.99 Å². The van der Waals surface area contributed by atoms with E-state index in [1.54, 1.807) is 36.4 Å². The first kappa shape index (κ1) is 22.0. The van der Waals surface area contributed by atoms with Crippen LogP contribution in [-0.2, 0) is 11.3 Å². The van der Waals surface area contributed by atoms with Gasteiger partial charge in [0.05, 0.1) is 18.1 Å². The molecule has 1 aliphatic heterocycles. The lowest BCUT2D eigenvalue weighted by molar-refractivity contribution is -0.0265. The minimum Gasteiger partial charge on any atom is -0.373 e. The molecule has 2 unspecified atom stereocenters. The fourth-order valence-corrected chi connectivity index (χ4v) is 4.08. The Bertz CT molecular complexity index is 1030. The summed E-state index contributed by atoms with van der Waals surface area (Å²) in [6.45, 7) is 4.12. The average Bonchev–Trinajstić information content (AvgIpc) is 3.35. The lowest BCUT2D eigenvalue weighted by atomic mass is 9.89. The quantitative estimate of drug-likeness (QED) is 0.451. The minimum absolute atomic E-state index is 0.0831. The molecule has 6 nitrogen and oxygen atoms in total. The Morgan fingerprint density at radius 1 is 1.22 bits per heavy atom. The molecule has 2 aromatic carbocycles. The number of aliphatic imine (C=N–C) groups is 1. The number of hydrogen-bond donors (Lipinski definition) is 2. The van der Waals surface area contributed by atoms with Crippen LogP contribution in [-0.4, -0.2) is 35.7 Å². The molecule has 0 spiro atoms. The first-order valence-electron chi connectivity index (χ1n) is 11.0. The summed E-state index contributed by atoms with van der Waals surface area (Å²) in [5, 5.41) is 6.70. The fourth-order valence-electron chi connectivity index (χ4n) is 4.08. The van der Waals surface area contributed by atoms with Crippen molar-refractivity contribution in [2.75, 3.05) is 20.2 Å². The van der Waals surface area contributed by atoms with Gasteiger partial charge in [0.2, 0.25) is 0 Å². The van der Waals surface area contributed by atoms with E-state index in [-0.39, 0.29) is 11.9 Å². The number of nitrogens with zero attached hydrogens (tertiary/aromatic N) is 3. The molecule has 0 saturated carbocycles. The number of aromatic nitrogens is 2. The van der Waals surface area contributed by atoms with Gasteiger partial charge in [-0.1, -0.05) is 35.9 Å². The van der Waals surface area contributed by atoms with Crippen LogP contribution in [0.2, 0.25) is 0 Å². The summed E-state index contributed by atoms with van der Waals surface area (Å²) in [5.41, 5.74) is 3.79. The Morgan fingerprint density at radius 2 is 2.06 bits per heavy atom. The van der Waals surface area contributed by atoms with Crippen molar-refractivity contribution in [3.05, 3.63) is 83.7 Å². The number of halogens is 1. The second kappa shape index (κ2) is 10.4. The number of hydrogen-bond acceptors (Lipinski definition) is 3. The number of benzene rings is 2. The van der Waals surface area contributed by atoms with Crippen LogP contribution in [0.15, 0.2) is 66.2 Å². The highest BCUT2D eigenvalue weighted by Gasteiger charge is 2.27. The number of ether oxygens (including phenoxy) is 1. The topological polar surface area (TPSA) is 63.5 Å². The van der Waals surface area contributed by atoms with Crippen LogP contribution in [0.1, 0.15) is 35.6 Å². The molecule has 0 radical (unpaired) electrons. The first-order valence-corrected chi connectivity index (χ1v) is 11.0. The molecule has 1 saturated heterocycles. The van der Waals surface area contributed by atoms with Gasteiger partial charge in [-0.2, -0.15) is 0 Å². The van der Waals surface area contributed by atoms with Gasteiger partial charge in [0, 0.05) is 45.1 Å². The van der Waals surface area contributed by atoms with Crippen molar-refractivity contribution in [1.82, 2.24) is 20.2 Å². The number of imidazole rings is 1. The van der Waals surface area contributed by atoms with Crippen LogP contribution in [0.5, 0.6) is 0 Å².